The van der Waals surface area contributed by atoms with E-state index in [9.17, 15) is 22.8 Å². The monoisotopic (exact) mass is 664 g/mol. The van der Waals surface area contributed by atoms with Crippen molar-refractivity contribution in [3.63, 3.8) is 0 Å². The highest BCUT2D eigenvalue weighted by atomic mass is 19.4. The SMILES string of the molecule is C#C.CCOc1cc(C(=O)Nc2cc(C(F)(F)F)ccn2)ccc1-c1nc([C@H]2CN(C(=O)[C@H]3CCCN3C)CCO2)n2ccnc(N)c12. The van der Waals surface area contributed by atoms with Gasteiger partial charge in [0.1, 0.15) is 40.5 Å². The van der Waals surface area contributed by atoms with Crippen molar-refractivity contribution < 1.29 is 32.2 Å². The van der Waals surface area contributed by atoms with Crippen molar-refractivity contribution in [2.45, 2.75) is 38.1 Å². The summed E-state index contributed by atoms with van der Waals surface area (Å²) in [6.45, 7) is 4.04. The zero-order chi connectivity index (χ0) is 34.6. The van der Waals surface area contributed by atoms with Crippen LogP contribution in [-0.4, -0.2) is 86.9 Å². The fourth-order valence-corrected chi connectivity index (χ4v) is 5.94. The Bertz CT molecular complexity index is 1830. The van der Waals surface area contributed by atoms with Gasteiger partial charge < -0.3 is 25.4 Å². The number of anilines is 2. The van der Waals surface area contributed by atoms with Crippen molar-refractivity contribution in [3.8, 4) is 29.9 Å². The van der Waals surface area contributed by atoms with Gasteiger partial charge in [-0.1, -0.05) is 0 Å². The van der Waals surface area contributed by atoms with Crippen LogP contribution in [0, 0.1) is 12.8 Å². The van der Waals surface area contributed by atoms with Crippen LogP contribution in [0.3, 0.4) is 0 Å². The third-order valence-electron chi connectivity index (χ3n) is 8.21. The molecule has 2 aliphatic heterocycles. The first-order chi connectivity index (χ1) is 23.0. The van der Waals surface area contributed by atoms with E-state index in [0.29, 0.717) is 48.0 Å². The molecule has 2 amide bonds. The predicted octanol–water partition coefficient (Wildman–Crippen LogP) is 4.29. The molecule has 1 aromatic carbocycles. The second kappa shape index (κ2) is 14.3. The molecule has 48 heavy (non-hydrogen) atoms. The van der Waals surface area contributed by atoms with E-state index in [2.05, 4.69) is 33.0 Å². The number of alkyl halides is 3. The number of rotatable bonds is 7. The number of imidazole rings is 1. The zero-order valence-electron chi connectivity index (χ0n) is 26.4. The van der Waals surface area contributed by atoms with Gasteiger partial charge in [0.05, 0.1) is 31.4 Å². The lowest BCUT2D eigenvalue weighted by atomic mass is 10.1. The second-order valence-electron chi connectivity index (χ2n) is 11.2. The number of hydrogen-bond acceptors (Lipinski definition) is 9. The Kier molecular flexibility index (Phi) is 10.2. The van der Waals surface area contributed by atoms with Crippen molar-refractivity contribution in [2.75, 3.05) is 50.9 Å². The molecule has 0 bridgehead atoms. The molecule has 3 aromatic heterocycles. The number of nitrogen functional groups attached to an aromatic ring is 1. The Morgan fingerprint density at radius 2 is 1.94 bits per heavy atom. The molecule has 4 aromatic rings. The normalized spacial score (nSPS) is 18.3. The molecule has 5 heterocycles. The molecule has 2 aliphatic rings. The highest BCUT2D eigenvalue weighted by molar-refractivity contribution is 6.04. The number of benzene rings is 1. The largest absolute Gasteiger partial charge is 0.493 e. The summed E-state index contributed by atoms with van der Waals surface area (Å²) in [7, 11) is 1.96. The van der Waals surface area contributed by atoms with Gasteiger partial charge in [-0.25, -0.2) is 15.0 Å². The van der Waals surface area contributed by atoms with E-state index in [4.69, 9.17) is 20.2 Å². The number of pyridine rings is 1. The Balaban J connectivity index is 0.00000221. The quantitative estimate of drug-likeness (QED) is 0.277. The summed E-state index contributed by atoms with van der Waals surface area (Å²) in [5.41, 5.74) is 6.99. The van der Waals surface area contributed by atoms with Crippen LogP contribution < -0.4 is 15.8 Å². The molecule has 252 valence electrons. The number of amides is 2. The lowest BCUT2D eigenvalue weighted by Crippen LogP contribution is -2.49. The van der Waals surface area contributed by atoms with E-state index >= 15 is 0 Å². The molecule has 6 rings (SSSR count). The van der Waals surface area contributed by atoms with Crippen molar-refractivity contribution in [1.29, 1.82) is 0 Å². The van der Waals surface area contributed by atoms with E-state index < -0.39 is 23.8 Å². The number of nitrogens with zero attached hydrogens (tertiary/aromatic N) is 6. The van der Waals surface area contributed by atoms with Crippen molar-refractivity contribution in [1.82, 2.24) is 29.2 Å². The number of carbonyl (C=O) groups excluding carboxylic acids is 2. The van der Waals surface area contributed by atoms with Crippen molar-refractivity contribution in [3.05, 3.63) is 65.9 Å². The standard InChI is InChI=1S/C31H33F3N8O4.C2H2/c1-3-45-22-15-18(29(43)38-24-16-19(8-9-36-24)31(32,33)34)6-7-20(22)25-26-27(35)37-10-12-42(26)28(39-25)23-17-41(13-14-46-23)30(44)21-5-4-11-40(21)2;1-2/h6-10,12,15-16,21,23H,3-5,11,13-14,17H2,1-2H3,(H2,35,37)(H,36,38,43);1-2H/t21-,23-;/m1./s1. The number of terminal acetylenes is 1. The molecule has 15 heteroatoms. The number of aromatic nitrogens is 4. The number of hydrogen-bond donors (Lipinski definition) is 2. The van der Waals surface area contributed by atoms with Crippen LogP contribution in [0.4, 0.5) is 24.8 Å². The number of fused-ring (bicyclic) bond motifs is 1. The number of carbonyl (C=O) groups is 2. The van der Waals surface area contributed by atoms with Crippen LogP contribution in [-0.2, 0) is 15.7 Å². The third-order valence-corrected chi connectivity index (χ3v) is 8.21. The number of nitrogens with two attached hydrogens (primary N) is 1. The molecule has 2 fully saturated rings. The van der Waals surface area contributed by atoms with Crippen LogP contribution >= 0.6 is 0 Å². The van der Waals surface area contributed by atoms with Crippen molar-refractivity contribution >= 4 is 29.0 Å². The molecule has 2 atom stereocenters. The maximum Gasteiger partial charge on any atom is 0.416 e. The summed E-state index contributed by atoms with van der Waals surface area (Å²) < 4.78 is 53.3. The minimum atomic E-state index is -4.59. The average molecular weight is 665 g/mol. The van der Waals surface area contributed by atoms with Gasteiger partial charge in [0.25, 0.3) is 5.91 Å². The van der Waals surface area contributed by atoms with Crippen LogP contribution in [0.1, 0.15) is 47.6 Å². The second-order valence-corrected chi connectivity index (χ2v) is 11.2. The summed E-state index contributed by atoms with van der Waals surface area (Å²) in [6, 6.07) is 6.05. The molecule has 2 saturated heterocycles. The first-order valence-corrected chi connectivity index (χ1v) is 15.2. The highest BCUT2D eigenvalue weighted by Crippen LogP contribution is 2.38. The van der Waals surface area contributed by atoms with Gasteiger partial charge in [0, 0.05) is 36.3 Å². The summed E-state index contributed by atoms with van der Waals surface area (Å²) >= 11 is 0. The minimum Gasteiger partial charge on any atom is -0.493 e. The van der Waals surface area contributed by atoms with E-state index in [1.165, 1.54) is 12.1 Å². The van der Waals surface area contributed by atoms with Gasteiger partial charge in [-0.15, -0.1) is 12.8 Å². The lowest BCUT2D eigenvalue weighted by molar-refractivity contribution is -0.143. The number of likely N-dealkylation sites (N-methyl/N-ethyl adjacent to an activating group) is 1. The van der Waals surface area contributed by atoms with Crippen molar-refractivity contribution in [2.24, 2.45) is 0 Å². The summed E-state index contributed by atoms with van der Waals surface area (Å²) in [4.78, 5) is 43.4. The first-order valence-electron chi connectivity index (χ1n) is 15.2. The smallest absolute Gasteiger partial charge is 0.416 e. The maximum absolute atomic E-state index is 13.4. The first kappa shape index (κ1) is 34.1. The average Bonchev–Trinajstić information content (AvgIpc) is 3.69. The van der Waals surface area contributed by atoms with Crippen LogP contribution in [0.25, 0.3) is 16.8 Å². The summed E-state index contributed by atoms with van der Waals surface area (Å²) in [6.07, 6.45) is 8.91. The molecule has 0 aliphatic carbocycles. The topological polar surface area (TPSA) is 140 Å². The molecule has 0 spiro atoms. The fraction of sp³-hybridized carbons (Fsp3) is 0.364. The number of likely N-dealkylation sites (tertiary alicyclic amines) is 1. The number of ether oxygens (including phenoxy) is 2. The fourth-order valence-electron chi connectivity index (χ4n) is 5.94. The lowest BCUT2D eigenvalue weighted by Gasteiger charge is -2.35. The summed E-state index contributed by atoms with van der Waals surface area (Å²) in [5.74, 6) is 0.175. The molecule has 0 radical (unpaired) electrons. The Labute approximate surface area is 275 Å². The van der Waals surface area contributed by atoms with E-state index in [0.717, 1.165) is 37.7 Å². The molecular weight excluding hydrogens is 629 g/mol. The number of morpholine rings is 1. The zero-order valence-corrected chi connectivity index (χ0v) is 26.4. The van der Waals surface area contributed by atoms with Gasteiger partial charge in [-0.3, -0.25) is 18.9 Å². The number of halogens is 3. The Morgan fingerprint density at radius 3 is 2.65 bits per heavy atom. The Morgan fingerprint density at radius 1 is 1.15 bits per heavy atom. The van der Waals surface area contributed by atoms with Gasteiger partial charge >= 0.3 is 6.18 Å². The Hall–Kier alpha value is -5.20. The van der Waals surface area contributed by atoms with Crippen LogP contribution in [0.5, 0.6) is 5.75 Å². The van der Waals surface area contributed by atoms with E-state index in [-0.39, 0.29) is 35.8 Å². The molecule has 0 saturated carbocycles. The van der Waals surface area contributed by atoms with Crippen LogP contribution in [0.15, 0.2) is 48.9 Å². The molecule has 0 unspecified atom stereocenters. The van der Waals surface area contributed by atoms with E-state index in [1.807, 2.05) is 11.9 Å². The molecule has 3 N–H and O–H groups in total. The summed E-state index contributed by atoms with van der Waals surface area (Å²) in [5, 5.41) is 2.41. The molecule has 12 nitrogen and oxygen atoms in total. The predicted molar refractivity (Wildman–Crippen MR) is 172 cm³/mol. The maximum atomic E-state index is 13.4. The highest BCUT2D eigenvalue weighted by Gasteiger charge is 2.36. The van der Waals surface area contributed by atoms with Gasteiger partial charge in [-0.2, -0.15) is 13.2 Å². The van der Waals surface area contributed by atoms with E-state index in [1.54, 1.807) is 29.8 Å². The van der Waals surface area contributed by atoms with Gasteiger partial charge in [0.2, 0.25) is 5.91 Å². The van der Waals surface area contributed by atoms with Gasteiger partial charge in [-0.05, 0) is 63.7 Å². The number of nitrogens with one attached hydrogen (secondary N) is 1. The minimum absolute atomic E-state index is 0.0726. The third kappa shape index (κ3) is 6.90. The molecular formula is C33H35F3N8O4. The van der Waals surface area contributed by atoms with Crippen LogP contribution in [0.2, 0.25) is 0 Å². The van der Waals surface area contributed by atoms with Gasteiger partial charge in [0.15, 0.2) is 0 Å².